The first-order valence-corrected chi connectivity index (χ1v) is 8.09. The standard InChI is InChI=1S/C21H24O3/c1-15(2)21(23)24-14-20-12-16(3)4-10-19(20)11-9-17-5-7-18(13-22)8-6-17/h4-8,10,12,22H,1,9,11,13-14H2,2-3H3. The van der Waals surface area contributed by atoms with E-state index in [0.717, 1.165) is 29.5 Å². The molecule has 2 aromatic rings. The summed E-state index contributed by atoms with van der Waals surface area (Å²) in [6.45, 7) is 7.62. The highest BCUT2D eigenvalue weighted by molar-refractivity contribution is 5.86. The van der Waals surface area contributed by atoms with Crippen LogP contribution in [-0.2, 0) is 35.6 Å². The van der Waals surface area contributed by atoms with E-state index in [-0.39, 0.29) is 19.2 Å². The molecule has 0 unspecified atom stereocenters. The van der Waals surface area contributed by atoms with Crippen LogP contribution in [0.2, 0.25) is 0 Å². The molecule has 0 atom stereocenters. The van der Waals surface area contributed by atoms with Crippen molar-refractivity contribution in [2.24, 2.45) is 0 Å². The van der Waals surface area contributed by atoms with Gasteiger partial charge in [0.25, 0.3) is 0 Å². The number of aryl methyl sites for hydroxylation is 3. The van der Waals surface area contributed by atoms with E-state index < -0.39 is 0 Å². The number of hydrogen-bond acceptors (Lipinski definition) is 3. The van der Waals surface area contributed by atoms with Gasteiger partial charge in [-0.15, -0.1) is 0 Å². The third-order valence-corrected chi connectivity index (χ3v) is 3.96. The van der Waals surface area contributed by atoms with E-state index in [0.29, 0.717) is 5.57 Å². The second-order valence-corrected chi connectivity index (χ2v) is 6.10. The van der Waals surface area contributed by atoms with Crippen molar-refractivity contribution in [1.82, 2.24) is 0 Å². The zero-order valence-corrected chi connectivity index (χ0v) is 14.3. The molecule has 3 nitrogen and oxygen atoms in total. The van der Waals surface area contributed by atoms with Gasteiger partial charge in [-0.1, -0.05) is 54.6 Å². The maximum Gasteiger partial charge on any atom is 0.333 e. The zero-order valence-electron chi connectivity index (χ0n) is 14.3. The summed E-state index contributed by atoms with van der Waals surface area (Å²) >= 11 is 0. The van der Waals surface area contributed by atoms with Gasteiger partial charge < -0.3 is 9.84 Å². The first-order chi connectivity index (χ1) is 11.5. The Bertz CT molecular complexity index is 714. The van der Waals surface area contributed by atoms with Gasteiger partial charge in [0.05, 0.1) is 6.61 Å². The van der Waals surface area contributed by atoms with E-state index in [9.17, 15) is 4.79 Å². The summed E-state index contributed by atoms with van der Waals surface area (Å²) in [5, 5.41) is 9.09. The highest BCUT2D eigenvalue weighted by Gasteiger charge is 2.08. The van der Waals surface area contributed by atoms with Crippen LogP contribution in [-0.4, -0.2) is 11.1 Å². The van der Waals surface area contributed by atoms with Crippen LogP contribution in [0.25, 0.3) is 0 Å². The Morgan fingerprint density at radius 3 is 2.33 bits per heavy atom. The van der Waals surface area contributed by atoms with Crippen LogP contribution in [0.5, 0.6) is 0 Å². The summed E-state index contributed by atoms with van der Waals surface area (Å²) in [6, 6.07) is 14.2. The second-order valence-electron chi connectivity index (χ2n) is 6.10. The Labute approximate surface area is 143 Å². The average Bonchev–Trinajstić information content (AvgIpc) is 2.59. The molecule has 0 aliphatic rings. The molecule has 0 aliphatic carbocycles. The fourth-order valence-corrected chi connectivity index (χ4v) is 2.49. The molecule has 0 saturated carbocycles. The highest BCUT2D eigenvalue weighted by Crippen LogP contribution is 2.17. The summed E-state index contributed by atoms with van der Waals surface area (Å²) in [5.74, 6) is -0.359. The van der Waals surface area contributed by atoms with Gasteiger partial charge in [0.2, 0.25) is 0 Å². The molecule has 0 radical (unpaired) electrons. The topological polar surface area (TPSA) is 46.5 Å². The largest absolute Gasteiger partial charge is 0.457 e. The molecule has 2 aromatic carbocycles. The minimum atomic E-state index is -0.359. The van der Waals surface area contributed by atoms with Crippen LogP contribution in [0.1, 0.15) is 34.7 Å². The number of carbonyl (C=O) groups excluding carboxylic acids is 1. The molecule has 126 valence electrons. The molecule has 0 bridgehead atoms. The molecule has 0 heterocycles. The number of ether oxygens (including phenoxy) is 1. The Balaban J connectivity index is 2.05. The lowest BCUT2D eigenvalue weighted by Gasteiger charge is -2.12. The molecule has 3 heteroatoms. The Morgan fingerprint density at radius 1 is 1.04 bits per heavy atom. The lowest BCUT2D eigenvalue weighted by atomic mass is 9.98. The number of aliphatic hydroxyl groups is 1. The quantitative estimate of drug-likeness (QED) is 0.621. The van der Waals surface area contributed by atoms with Crippen LogP contribution in [0.4, 0.5) is 0 Å². The lowest BCUT2D eigenvalue weighted by Crippen LogP contribution is -2.07. The molecule has 0 aromatic heterocycles. The minimum absolute atomic E-state index is 0.0660. The van der Waals surface area contributed by atoms with Gasteiger partial charge in [-0.05, 0) is 48.9 Å². The number of carbonyl (C=O) groups is 1. The summed E-state index contributed by atoms with van der Waals surface area (Å²) < 4.78 is 5.30. The second kappa shape index (κ2) is 8.46. The average molecular weight is 324 g/mol. The fraction of sp³-hybridized carbons (Fsp3) is 0.286. The summed E-state index contributed by atoms with van der Waals surface area (Å²) in [7, 11) is 0. The van der Waals surface area contributed by atoms with Crippen LogP contribution >= 0.6 is 0 Å². The normalized spacial score (nSPS) is 10.5. The van der Waals surface area contributed by atoms with Gasteiger partial charge in [-0.3, -0.25) is 0 Å². The van der Waals surface area contributed by atoms with E-state index >= 15 is 0 Å². The van der Waals surface area contributed by atoms with E-state index in [2.05, 4.69) is 24.8 Å². The first kappa shape index (κ1) is 18.0. The fourth-order valence-electron chi connectivity index (χ4n) is 2.49. The van der Waals surface area contributed by atoms with Gasteiger partial charge in [0.15, 0.2) is 0 Å². The number of aliphatic hydroxyl groups excluding tert-OH is 1. The van der Waals surface area contributed by atoms with Gasteiger partial charge in [0, 0.05) is 5.57 Å². The monoisotopic (exact) mass is 324 g/mol. The molecule has 0 spiro atoms. The third kappa shape index (κ3) is 5.07. The zero-order chi connectivity index (χ0) is 17.5. The highest BCUT2D eigenvalue weighted by atomic mass is 16.5. The van der Waals surface area contributed by atoms with E-state index in [1.54, 1.807) is 6.92 Å². The van der Waals surface area contributed by atoms with Crippen LogP contribution in [0, 0.1) is 6.92 Å². The van der Waals surface area contributed by atoms with Gasteiger partial charge in [-0.2, -0.15) is 0 Å². The van der Waals surface area contributed by atoms with Crippen molar-refractivity contribution >= 4 is 5.97 Å². The smallest absolute Gasteiger partial charge is 0.333 e. The SMILES string of the molecule is C=C(C)C(=O)OCc1cc(C)ccc1CCc1ccc(CO)cc1. The van der Waals surface area contributed by atoms with Crippen molar-refractivity contribution in [2.75, 3.05) is 0 Å². The number of esters is 1. The van der Waals surface area contributed by atoms with Gasteiger partial charge >= 0.3 is 5.97 Å². The molecule has 0 amide bonds. The van der Waals surface area contributed by atoms with Crippen molar-refractivity contribution in [3.05, 3.63) is 82.4 Å². The molecule has 0 aliphatic heterocycles. The van der Waals surface area contributed by atoms with Crippen LogP contribution in [0.15, 0.2) is 54.6 Å². The van der Waals surface area contributed by atoms with Crippen molar-refractivity contribution in [1.29, 1.82) is 0 Å². The van der Waals surface area contributed by atoms with E-state index in [4.69, 9.17) is 9.84 Å². The van der Waals surface area contributed by atoms with Crippen molar-refractivity contribution in [3.8, 4) is 0 Å². The predicted octanol–water partition coefficient (Wildman–Crippen LogP) is 3.89. The summed E-state index contributed by atoms with van der Waals surface area (Å²) in [4.78, 5) is 11.6. The molecule has 0 saturated heterocycles. The third-order valence-electron chi connectivity index (χ3n) is 3.96. The van der Waals surface area contributed by atoms with Gasteiger partial charge in [0.1, 0.15) is 6.61 Å². The predicted molar refractivity (Wildman–Crippen MR) is 95.6 cm³/mol. The maximum atomic E-state index is 11.6. The molecule has 1 N–H and O–H groups in total. The Hall–Kier alpha value is -2.39. The van der Waals surface area contributed by atoms with Gasteiger partial charge in [-0.25, -0.2) is 4.79 Å². The lowest BCUT2D eigenvalue weighted by molar-refractivity contribution is -0.140. The van der Waals surface area contributed by atoms with Crippen molar-refractivity contribution in [3.63, 3.8) is 0 Å². The van der Waals surface area contributed by atoms with E-state index in [1.807, 2.05) is 31.2 Å². The molecule has 24 heavy (non-hydrogen) atoms. The Morgan fingerprint density at radius 2 is 1.71 bits per heavy atom. The maximum absolute atomic E-state index is 11.6. The minimum Gasteiger partial charge on any atom is -0.457 e. The number of benzene rings is 2. The summed E-state index contributed by atoms with van der Waals surface area (Å²) in [5.41, 5.74) is 5.91. The van der Waals surface area contributed by atoms with Crippen LogP contribution in [0.3, 0.4) is 0 Å². The number of rotatable bonds is 7. The molecule has 0 fully saturated rings. The summed E-state index contributed by atoms with van der Waals surface area (Å²) in [6.07, 6.45) is 1.77. The Kier molecular flexibility index (Phi) is 6.33. The van der Waals surface area contributed by atoms with E-state index in [1.165, 1.54) is 11.1 Å². The van der Waals surface area contributed by atoms with Crippen molar-refractivity contribution in [2.45, 2.75) is 39.9 Å². The van der Waals surface area contributed by atoms with Crippen molar-refractivity contribution < 1.29 is 14.6 Å². The van der Waals surface area contributed by atoms with Crippen LogP contribution < -0.4 is 0 Å². The molecular formula is C21H24O3. The first-order valence-electron chi connectivity index (χ1n) is 8.09. The molecular weight excluding hydrogens is 300 g/mol. The molecule has 2 rings (SSSR count). The number of hydrogen-bond donors (Lipinski definition) is 1.